The van der Waals surface area contributed by atoms with Gasteiger partial charge in [-0.1, -0.05) is 44.2 Å². The van der Waals surface area contributed by atoms with E-state index in [1.807, 2.05) is 13.0 Å². The molecule has 0 saturated heterocycles. The molecule has 128 valence electrons. The van der Waals surface area contributed by atoms with E-state index in [-0.39, 0.29) is 12.4 Å². The molecular formula is C17H29Cl2NO2. The van der Waals surface area contributed by atoms with Crippen LogP contribution in [0.5, 0.6) is 11.5 Å². The monoisotopic (exact) mass is 349 g/mol. The molecule has 0 aliphatic rings. The van der Waals surface area contributed by atoms with Crippen LogP contribution in [0.3, 0.4) is 0 Å². The fourth-order valence-electron chi connectivity index (χ4n) is 2.29. The van der Waals surface area contributed by atoms with E-state index in [0.29, 0.717) is 17.4 Å². The van der Waals surface area contributed by atoms with Gasteiger partial charge in [-0.05, 0) is 26.0 Å². The highest BCUT2D eigenvalue weighted by molar-refractivity contribution is 6.30. The molecule has 0 atom stereocenters. The SMILES string of the molecule is CCCCCCCNCc1cc(Cl)cc(OC)c1OCC.Cl. The molecule has 0 bridgehead atoms. The lowest BCUT2D eigenvalue weighted by Gasteiger charge is -2.15. The topological polar surface area (TPSA) is 30.5 Å². The fourth-order valence-corrected chi connectivity index (χ4v) is 2.52. The third-order valence-corrected chi connectivity index (χ3v) is 3.60. The predicted octanol–water partition coefficient (Wildman–Crippen LogP) is 5.23. The van der Waals surface area contributed by atoms with E-state index in [1.165, 1.54) is 32.1 Å². The summed E-state index contributed by atoms with van der Waals surface area (Å²) in [6.45, 7) is 6.59. The lowest BCUT2D eigenvalue weighted by molar-refractivity contribution is 0.306. The Bertz CT molecular complexity index is 414. The number of hydrogen-bond donors (Lipinski definition) is 1. The normalized spacial score (nSPS) is 10.2. The smallest absolute Gasteiger partial charge is 0.165 e. The van der Waals surface area contributed by atoms with Gasteiger partial charge in [0, 0.05) is 23.2 Å². The molecular weight excluding hydrogens is 321 g/mol. The number of halogens is 2. The molecule has 0 aliphatic carbocycles. The van der Waals surface area contributed by atoms with E-state index < -0.39 is 0 Å². The van der Waals surface area contributed by atoms with E-state index in [9.17, 15) is 0 Å². The first kappa shape index (κ1) is 21.4. The Hall–Kier alpha value is -0.640. The van der Waals surface area contributed by atoms with E-state index in [0.717, 1.165) is 24.4 Å². The molecule has 22 heavy (non-hydrogen) atoms. The van der Waals surface area contributed by atoms with Gasteiger partial charge in [-0.15, -0.1) is 12.4 Å². The predicted molar refractivity (Wildman–Crippen MR) is 96.9 cm³/mol. The lowest BCUT2D eigenvalue weighted by atomic mass is 10.1. The van der Waals surface area contributed by atoms with Gasteiger partial charge >= 0.3 is 0 Å². The third kappa shape index (κ3) is 7.57. The van der Waals surface area contributed by atoms with Crippen molar-refractivity contribution in [3.63, 3.8) is 0 Å². The maximum Gasteiger partial charge on any atom is 0.165 e. The second kappa shape index (κ2) is 12.9. The van der Waals surface area contributed by atoms with Crippen molar-refractivity contribution < 1.29 is 9.47 Å². The Kier molecular flexibility index (Phi) is 12.5. The van der Waals surface area contributed by atoms with Crippen molar-refractivity contribution in [2.75, 3.05) is 20.3 Å². The molecule has 0 spiro atoms. The van der Waals surface area contributed by atoms with Crippen molar-refractivity contribution in [2.45, 2.75) is 52.5 Å². The van der Waals surface area contributed by atoms with Crippen LogP contribution in [-0.2, 0) is 6.54 Å². The number of ether oxygens (including phenoxy) is 2. The zero-order valence-electron chi connectivity index (χ0n) is 13.9. The molecule has 0 radical (unpaired) electrons. The van der Waals surface area contributed by atoms with Crippen LogP contribution in [0.4, 0.5) is 0 Å². The van der Waals surface area contributed by atoms with Gasteiger partial charge < -0.3 is 14.8 Å². The first-order chi connectivity index (χ1) is 10.2. The number of benzene rings is 1. The summed E-state index contributed by atoms with van der Waals surface area (Å²) in [6, 6.07) is 3.74. The number of methoxy groups -OCH3 is 1. The molecule has 0 fully saturated rings. The molecule has 1 aromatic rings. The molecule has 1 aromatic carbocycles. The average molecular weight is 350 g/mol. The number of rotatable bonds is 11. The van der Waals surface area contributed by atoms with Crippen molar-refractivity contribution in [3.8, 4) is 11.5 Å². The summed E-state index contributed by atoms with van der Waals surface area (Å²) in [7, 11) is 1.64. The minimum atomic E-state index is 0. The Morgan fingerprint density at radius 3 is 2.45 bits per heavy atom. The molecule has 1 rings (SSSR count). The molecule has 0 unspecified atom stereocenters. The number of unbranched alkanes of at least 4 members (excludes halogenated alkanes) is 4. The molecule has 0 saturated carbocycles. The zero-order valence-corrected chi connectivity index (χ0v) is 15.5. The van der Waals surface area contributed by atoms with Gasteiger partial charge in [0.1, 0.15) is 0 Å². The summed E-state index contributed by atoms with van der Waals surface area (Å²) in [5, 5.41) is 4.14. The highest BCUT2D eigenvalue weighted by Crippen LogP contribution is 2.34. The van der Waals surface area contributed by atoms with E-state index in [1.54, 1.807) is 13.2 Å². The van der Waals surface area contributed by atoms with Crippen LogP contribution in [0, 0.1) is 0 Å². The second-order valence-corrected chi connectivity index (χ2v) is 5.56. The summed E-state index contributed by atoms with van der Waals surface area (Å²) in [6.07, 6.45) is 6.44. The number of hydrogen-bond acceptors (Lipinski definition) is 3. The summed E-state index contributed by atoms with van der Waals surface area (Å²) >= 11 is 6.13. The fraction of sp³-hybridized carbons (Fsp3) is 0.647. The summed E-state index contributed by atoms with van der Waals surface area (Å²) in [4.78, 5) is 0. The first-order valence-electron chi connectivity index (χ1n) is 7.92. The van der Waals surface area contributed by atoms with Gasteiger partial charge in [-0.3, -0.25) is 0 Å². The maximum absolute atomic E-state index is 6.13. The molecule has 0 heterocycles. The molecule has 0 aromatic heterocycles. The Morgan fingerprint density at radius 1 is 1.09 bits per heavy atom. The van der Waals surface area contributed by atoms with Crippen molar-refractivity contribution in [1.82, 2.24) is 5.32 Å². The molecule has 3 nitrogen and oxygen atoms in total. The van der Waals surface area contributed by atoms with Gasteiger partial charge in [0.2, 0.25) is 0 Å². The minimum Gasteiger partial charge on any atom is -0.493 e. The number of nitrogens with one attached hydrogen (secondary N) is 1. The average Bonchev–Trinajstić information content (AvgIpc) is 2.48. The first-order valence-corrected chi connectivity index (χ1v) is 8.30. The highest BCUT2D eigenvalue weighted by Gasteiger charge is 2.12. The van der Waals surface area contributed by atoms with Crippen LogP contribution in [0.25, 0.3) is 0 Å². The summed E-state index contributed by atoms with van der Waals surface area (Å²) in [5.74, 6) is 1.49. The van der Waals surface area contributed by atoms with E-state index in [4.69, 9.17) is 21.1 Å². The summed E-state index contributed by atoms with van der Waals surface area (Å²) in [5.41, 5.74) is 1.05. The van der Waals surface area contributed by atoms with Crippen LogP contribution in [-0.4, -0.2) is 20.3 Å². The standard InChI is InChI=1S/C17H28ClNO2.ClH/c1-4-6-7-8-9-10-19-13-14-11-15(18)12-16(20-3)17(14)21-5-2;/h11-12,19H,4-10,13H2,1-3H3;1H. The van der Waals surface area contributed by atoms with E-state index >= 15 is 0 Å². The third-order valence-electron chi connectivity index (χ3n) is 3.38. The largest absolute Gasteiger partial charge is 0.493 e. The van der Waals surface area contributed by atoms with Crippen molar-refractivity contribution in [2.24, 2.45) is 0 Å². The zero-order chi connectivity index (χ0) is 15.5. The lowest BCUT2D eigenvalue weighted by Crippen LogP contribution is -2.15. The van der Waals surface area contributed by atoms with Gasteiger partial charge in [0.05, 0.1) is 13.7 Å². The Labute approximate surface area is 146 Å². The molecule has 1 N–H and O–H groups in total. The van der Waals surface area contributed by atoms with Gasteiger partial charge in [-0.2, -0.15) is 0 Å². The molecule has 5 heteroatoms. The van der Waals surface area contributed by atoms with Crippen molar-refractivity contribution in [3.05, 3.63) is 22.7 Å². The van der Waals surface area contributed by atoms with Crippen LogP contribution in [0.2, 0.25) is 5.02 Å². The van der Waals surface area contributed by atoms with Crippen molar-refractivity contribution in [1.29, 1.82) is 0 Å². The van der Waals surface area contributed by atoms with Gasteiger partial charge in [-0.25, -0.2) is 0 Å². The maximum atomic E-state index is 6.13. The van der Waals surface area contributed by atoms with Gasteiger partial charge in [0.15, 0.2) is 11.5 Å². The van der Waals surface area contributed by atoms with Crippen LogP contribution in [0.1, 0.15) is 51.5 Å². The van der Waals surface area contributed by atoms with Crippen LogP contribution >= 0.6 is 24.0 Å². The second-order valence-electron chi connectivity index (χ2n) is 5.12. The van der Waals surface area contributed by atoms with E-state index in [2.05, 4.69) is 12.2 Å². The van der Waals surface area contributed by atoms with Crippen LogP contribution < -0.4 is 14.8 Å². The molecule has 0 amide bonds. The Morgan fingerprint density at radius 2 is 1.82 bits per heavy atom. The van der Waals surface area contributed by atoms with Crippen molar-refractivity contribution >= 4 is 24.0 Å². The quantitative estimate of drug-likeness (QED) is 0.555. The summed E-state index contributed by atoms with van der Waals surface area (Å²) < 4.78 is 11.1. The highest BCUT2D eigenvalue weighted by atomic mass is 35.5. The Balaban J connectivity index is 0.00000441. The molecule has 0 aliphatic heterocycles. The van der Waals surface area contributed by atoms with Crippen LogP contribution in [0.15, 0.2) is 12.1 Å². The van der Waals surface area contributed by atoms with Gasteiger partial charge in [0.25, 0.3) is 0 Å². The minimum absolute atomic E-state index is 0.